The van der Waals surface area contributed by atoms with E-state index in [-0.39, 0.29) is 12.1 Å². The fraction of sp³-hybridized carbons (Fsp3) is 0.769. The Morgan fingerprint density at radius 1 is 1.14 bits per heavy atom. The van der Waals surface area contributed by atoms with Gasteiger partial charge in [-0.3, -0.25) is 5.43 Å². The topological polar surface area (TPSA) is 98.4 Å². The Kier molecular flexibility index (Phi) is 5.94. The molecule has 0 amide bonds. The van der Waals surface area contributed by atoms with Crippen molar-refractivity contribution < 1.29 is 9.47 Å². The maximum absolute atomic E-state index is 5.52. The Morgan fingerprint density at radius 3 is 2.57 bits per heavy atom. The van der Waals surface area contributed by atoms with Crippen LogP contribution in [0, 0.1) is 0 Å². The summed E-state index contributed by atoms with van der Waals surface area (Å²) in [5, 5.41) is 0. The zero-order valence-corrected chi connectivity index (χ0v) is 12.7. The molecule has 0 aromatic carbocycles. The number of rotatable bonds is 7. The summed E-state index contributed by atoms with van der Waals surface area (Å²) in [5.74, 6) is 6.33. The quantitative estimate of drug-likeness (QED) is 0.436. The Balaban J connectivity index is 1.99. The molecule has 8 nitrogen and oxygen atoms in total. The predicted octanol–water partition coefficient (Wildman–Crippen LogP) is 0.951. The van der Waals surface area contributed by atoms with Crippen molar-refractivity contribution in [3.05, 3.63) is 0 Å². The first-order valence-corrected chi connectivity index (χ1v) is 7.41. The number of nitrogen functional groups attached to an aromatic ring is 1. The summed E-state index contributed by atoms with van der Waals surface area (Å²) in [5.41, 5.74) is 2.46. The number of nitrogens with one attached hydrogen (secondary N) is 1. The van der Waals surface area contributed by atoms with E-state index >= 15 is 0 Å². The van der Waals surface area contributed by atoms with Gasteiger partial charge in [0.05, 0.1) is 12.7 Å². The van der Waals surface area contributed by atoms with Crippen LogP contribution in [-0.2, 0) is 4.74 Å². The molecular weight excluding hydrogens is 272 g/mol. The van der Waals surface area contributed by atoms with Gasteiger partial charge in [-0.15, -0.1) is 0 Å². The molecule has 0 radical (unpaired) electrons. The molecule has 0 atom stereocenters. The third kappa shape index (κ3) is 4.98. The molecule has 2 rings (SSSR count). The number of aromatic nitrogens is 3. The minimum atomic E-state index is 0.178. The highest BCUT2D eigenvalue weighted by Crippen LogP contribution is 2.18. The molecule has 0 unspecified atom stereocenters. The van der Waals surface area contributed by atoms with Crippen molar-refractivity contribution in [2.75, 3.05) is 36.6 Å². The van der Waals surface area contributed by atoms with Crippen molar-refractivity contribution in [2.24, 2.45) is 5.84 Å². The van der Waals surface area contributed by atoms with Crippen molar-refractivity contribution in [3.8, 4) is 6.01 Å². The molecule has 0 aliphatic carbocycles. The average molecular weight is 296 g/mol. The summed E-state index contributed by atoms with van der Waals surface area (Å²) < 4.78 is 10.9. The van der Waals surface area contributed by atoms with Crippen LogP contribution in [0.2, 0.25) is 0 Å². The van der Waals surface area contributed by atoms with Gasteiger partial charge in [0, 0.05) is 13.1 Å². The molecule has 2 heterocycles. The fourth-order valence-corrected chi connectivity index (χ4v) is 2.13. The molecule has 3 N–H and O–H groups in total. The highest BCUT2D eigenvalue weighted by Gasteiger charge is 2.16. The van der Waals surface area contributed by atoms with E-state index in [0.29, 0.717) is 25.1 Å². The maximum atomic E-state index is 5.52. The van der Waals surface area contributed by atoms with Crippen molar-refractivity contribution in [1.29, 1.82) is 0 Å². The summed E-state index contributed by atoms with van der Waals surface area (Å²) in [7, 11) is 0. The van der Waals surface area contributed by atoms with E-state index in [1.54, 1.807) is 0 Å². The standard InChI is InChI=1S/C13H24N6O2/c1-10(2)20-8-9-21-13-16-11(18-14)15-12(17-13)19-6-4-3-5-7-19/h10H,3-9,14H2,1-2H3,(H,15,16,17,18). The first-order valence-electron chi connectivity index (χ1n) is 7.41. The zero-order chi connectivity index (χ0) is 15.1. The van der Waals surface area contributed by atoms with E-state index in [2.05, 4.69) is 25.3 Å². The third-order valence-electron chi connectivity index (χ3n) is 3.14. The lowest BCUT2D eigenvalue weighted by molar-refractivity contribution is 0.0531. The summed E-state index contributed by atoms with van der Waals surface area (Å²) >= 11 is 0. The van der Waals surface area contributed by atoms with Crippen LogP contribution in [-0.4, -0.2) is 47.4 Å². The van der Waals surface area contributed by atoms with E-state index < -0.39 is 0 Å². The zero-order valence-electron chi connectivity index (χ0n) is 12.7. The smallest absolute Gasteiger partial charge is 0.323 e. The Labute approximate surface area is 125 Å². The number of hydrazine groups is 1. The second-order valence-corrected chi connectivity index (χ2v) is 5.20. The monoisotopic (exact) mass is 296 g/mol. The molecule has 21 heavy (non-hydrogen) atoms. The Hall–Kier alpha value is -1.67. The van der Waals surface area contributed by atoms with Gasteiger partial charge < -0.3 is 14.4 Å². The lowest BCUT2D eigenvalue weighted by atomic mass is 10.1. The third-order valence-corrected chi connectivity index (χ3v) is 3.14. The van der Waals surface area contributed by atoms with E-state index in [4.69, 9.17) is 15.3 Å². The molecule has 1 aliphatic heterocycles. The predicted molar refractivity (Wildman–Crippen MR) is 80.3 cm³/mol. The van der Waals surface area contributed by atoms with Gasteiger partial charge in [0.1, 0.15) is 6.61 Å². The number of anilines is 2. The van der Waals surface area contributed by atoms with E-state index in [9.17, 15) is 0 Å². The van der Waals surface area contributed by atoms with Gasteiger partial charge in [-0.2, -0.15) is 15.0 Å². The molecule has 0 saturated carbocycles. The molecule has 8 heteroatoms. The van der Waals surface area contributed by atoms with Crippen LogP contribution >= 0.6 is 0 Å². The van der Waals surface area contributed by atoms with Crippen LogP contribution in [0.4, 0.5) is 11.9 Å². The minimum absolute atomic E-state index is 0.178. The van der Waals surface area contributed by atoms with Crippen LogP contribution in [0.1, 0.15) is 33.1 Å². The largest absolute Gasteiger partial charge is 0.461 e. The fourth-order valence-electron chi connectivity index (χ4n) is 2.13. The number of hydrogen-bond acceptors (Lipinski definition) is 8. The Morgan fingerprint density at radius 2 is 1.90 bits per heavy atom. The van der Waals surface area contributed by atoms with Gasteiger partial charge in [0.15, 0.2) is 0 Å². The van der Waals surface area contributed by atoms with Gasteiger partial charge in [-0.05, 0) is 33.1 Å². The molecule has 0 spiro atoms. The molecular formula is C13H24N6O2. The Bertz CT molecular complexity index is 437. The minimum Gasteiger partial charge on any atom is -0.461 e. The number of hydrogen-bond donors (Lipinski definition) is 2. The van der Waals surface area contributed by atoms with Crippen LogP contribution < -0.4 is 20.9 Å². The normalized spacial score (nSPS) is 15.3. The maximum Gasteiger partial charge on any atom is 0.323 e. The molecule has 1 fully saturated rings. The van der Waals surface area contributed by atoms with Gasteiger partial charge >= 0.3 is 6.01 Å². The highest BCUT2D eigenvalue weighted by atomic mass is 16.5. The summed E-state index contributed by atoms with van der Waals surface area (Å²) in [6.45, 7) is 6.75. The number of piperidine rings is 1. The summed E-state index contributed by atoms with van der Waals surface area (Å²) in [6, 6.07) is 0.269. The molecule has 1 aromatic rings. The van der Waals surface area contributed by atoms with Gasteiger partial charge in [0.2, 0.25) is 11.9 Å². The van der Waals surface area contributed by atoms with E-state index in [1.165, 1.54) is 6.42 Å². The van der Waals surface area contributed by atoms with Gasteiger partial charge in [-0.25, -0.2) is 5.84 Å². The lowest BCUT2D eigenvalue weighted by Gasteiger charge is -2.26. The van der Waals surface area contributed by atoms with E-state index in [0.717, 1.165) is 25.9 Å². The average Bonchev–Trinajstić information content (AvgIpc) is 2.52. The number of nitrogens with two attached hydrogens (primary N) is 1. The second kappa shape index (κ2) is 7.94. The van der Waals surface area contributed by atoms with Crippen molar-refractivity contribution in [3.63, 3.8) is 0 Å². The van der Waals surface area contributed by atoms with Gasteiger partial charge in [0.25, 0.3) is 0 Å². The lowest BCUT2D eigenvalue weighted by Crippen LogP contribution is -2.31. The molecule has 1 aliphatic rings. The van der Waals surface area contributed by atoms with Crippen molar-refractivity contribution in [2.45, 2.75) is 39.2 Å². The van der Waals surface area contributed by atoms with E-state index in [1.807, 2.05) is 13.8 Å². The van der Waals surface area contributed by atoms with Crippen molar-refractivity contribution >= 4 is 11.9 Å². The van der Waals surface area contributed by atoms with Crippen LogP contribution in [0.25, 0.3) is 0 Å². The van der Waals surface area contributed by atoms with Crippen LogP contribution in [0.3, 0.4) is 0 Å². The molecule has 118 valence electrons. The number of ether oxygens (including phenoxy) is 2. The first-order chi connectivity index (χ1) is 10.2. The molecule has 1 saturated heterocycles. The highest BCUT2D eigenvalue weighted by molar-refractivity contribution is 5.37. The van der Waals surface area contributed by atoms with Crippen LogP contribution in [0.5, 0.6) is 6.01 Å². The van der Waals surface area contributed by atoms with Gasteiger partial charge in [-0.1, -0.05) is 0 Å². The number of nitrogens with zero attached hydrogens (tertiary/aromatic N) is 4. The first kappa shape index (κ1) is 15.7. The summed E-state index contributed by atoms with van der Waals surface area (Å²) in [6.07, 6.45) is 3.72. The van der Waals surface area contributed by atoms with Crippen LogP contribution in [0.15, 0.2) is 0 Å². The molecule has 1 aromatic heterocycles. The second-order valence-electron chi connectivity index (χ2n) is 5.20. The molecule has 0 bridgehead atoms. The van der Waals surface area contributed by atoms with Crippen molar-refractivity contribution in [1.82, 2.24) is 15.0 Å². The SMILES string of the molecule is CC(C)OCCOc1nc(NN)nc(N2CCCCC2)n1. The summed E-state index contributed by atoms with van der Waals surface area (Å²) in [4.78, 5) is 14.9.